The van der Waals surface area contributed by atoms with Crippen LogP contribution in [0.2, 0.25) is 0 Å². The average molecular weight is 288 g/mol. The maximum absolute atomic E-state index is 12.7. The highest BCUT2D eigenvalue weighted by molar-refractivity contribution is 7.85. The van der Waals surface area contributed by atoms with Crippen molar-refractivity contribution in [3.05, 3.63) is 0 Å². The molecule has 3 heteroatoms. The molecule has 0 heterocycles. The molecule has 0 amide bonds. The van der Waals surface area contributed by atoms with Crippen molar-refractivity contribution in [2.45, 2.75) is 71.6 Å². The largest absolute Gasteiger partial charge is 0.313 e. The third kappa shape index (κ3) is 5.55. The Kier molecular flexibility index (Phi) is 7.60. The Balaban J connectivity index is 2.64. The quantitative estimate of drug-likeness (QED) is 0.775. The van der Waals surface area contributed by atoms with E-state index in [-0.39, 0.29) is 0 Å². The van der Waals surface area contributed by atoms with E-state index in [4.69, 9.17) is 0 Å². The zero-order chi connectivity index (χ0) is 14.4. The van der Waals surface area contributed by atoms with E-state index in [1.54, 1.807) is 0 Å². The standard InChI is InChI=1S/C16H33NOS/c1-6-8-17-15-11-13(4)10-14(5)16(15)19(18)9-7-12(2)3/h12-17H,6-11H2,1-5H3. The van der Waals surface area contributed by atoms with Crippen LogP contribution in [-0.2, 0) is 10.8 Å². The van der Waals surface area contributed by atoms with Crippen molar-refractivity contribution in [1.29, 1.82) is 0 Å². The molecule has 0 aliphatic heterocycles. The molecule has 1 N–H and O–H groups in total. The van der Waals surface area contributed by atoms with Crippen molar-refractivity contribution in [1.82, 2.24) is 5.32 Å². The summed E-state index contributed by atoms with van der Waals surface area (Å²) in [6.45, 7) is 12.3. The molecule has 114 valence electrons. The molecule has 1 fully saturated rings. The third-order valence-electron chi connectivity index (χ3n) is 4.24. The first-order valence-electron chi connectivity index (χ1n) is 8.06. The van der Waals surface area contributed by atoms with Crippen LogP contribution in [0.5, 0.6) is 0 Å². The molecule has 1 rings (SSSR count). The van der Waals surface area contributed by atoms with Gasteiger partial charge in [-0.15, -0.1) is 0 Å². The summed E-state index contributed by atoms with van der Waals surface area (Å²) in [4.78, 5) is 0. The first-order valence-corrected chi connectivity index (χ1v) is 9.44. The third-order valence-corrected chi connectivity index (χ3v) is 6.28. The molecule has 0 saturated heterocycles. The van der Waals surface area contributed by atoms with Crippen LogP contribution >= 0.6 is 0 Å². The molecule has 0 aromatic heterocycles. The summed E-state index contributed by atoms with van der Waals surface area (Å²) in [5, 5.41) is 4.02. The van der Waals surface area contributed by atoms with Gasteiger partial charge in [0.05, 0.1) is 5.25 Å². The van der Waals surface area contributed by atoms with Gasteiger partial charge in [-0.1, -0.05) is 34.6 Å². The minimum Gasteiger partial charge on any atom is -0.313 e. The Labute approximate surface area is 122 Å². The molecule has 2 nitrogen and oxygen atoms in total. The highest BCUT2D eigenvalue weighted by Crippen LogP contribution is 2.32. The Hall–Kier alpha value is 0.110. The summed E-state index contributed by atoms with van der Waals surface area (Å²) in [5.74, 6) is 2.89. The number of hydrogen-bond acceptors (Lipinski definition) is 2. The second kappa shape index (κ2) is 8.41. The van der Waals surface area contributed by atoms with Crippen molar-refractivity contribution < 1.29 is 4.21 Å². The normalized spacial score (nSPS) is 33.6. The van der Waals surface area contributed by atoms with E-state index in [0.29, 0.717) is 23.1 Å². The van der Waals surface area contributed by atoms with E-state index in [9.17, 15) is 4.21 Å². The molecular formula is C16H33NOS. The van der Waals surface area contributed by atoms with Crippen molar-refractivity contribution >= 4 is 10.8 Å². The molecule has 5 atom stereocenters. The topological polar surface area (TPSA) is 29.1 Å². The zero-order valence-corrected chi connectivity index (χ0v) is 14.3. The fourth-order valence-corrected chi connectivity index (χ4v) is 5.47. The summed E-state index contributed by atoms with van der Waals surface area (Å²) < 4.78 is 12.7. The summed E-state index contributed by atoms with van der Waals surface area (Å²) in [6, 6.07) is 0.465. The van der Waals surface area contributed by atoms with E-state index in [2.05, 4.69) is 39.9 Å². The van der Waals surface area contributed by atoms with Gasteiger partial charge in [-0.05, 0) is 50.0 Å². The van der Waals surface area contributed by atoms with Crippen molar-refractivity contribution in [3.63, 3.8) is 0 Å². The summed E-state index contributed by atoms with van der Waals surface area (Å²) >= 11 is 0. The first-order chi connectivity index (χ1) is 8.95. The van der Waals surface area contributed by atoms with E-state index in [1.807, 2.05) is 0 Å². The smallest absolute Gasteiger partial charge is 0.0526 e. The fourth-order valence-electron chi connectivity index (χ4n) is 3.29. The minimum absolute atomic E-state index is 0.363. The van der Waals surface area contributed by atoms with Crippen LogP contribution in [0.15, 0.2) is 0 Å². The Morgan fingerprint density at radius 3 is 2.53 bits per heavy atom. The second-order valence-corrected chi connectivity index (χ2v) is 8.56. The average Bonchev–Trinajstić information content (AvgIpc) is 2.32. The van der Waals surface area contributed by atoms with Crippen LogP contribution in [0.4, 0.5) is 0 Å². The molecule has 0 radical (unpaired) electrons. The number of hydrogen-bond donors (Lipinski definition) is 1. The van der Waals surface area contributed by atoms with Crippen LogP contribution in [0.3, 0.4) is 0 Å². The van der Waals surface area contributed by atoms with Gasteiger partial charge in [0.1, 0.15) is 0 Å². The molecule has 5 unspecified atom stereocenters. The lowest BCUT2D eigenvalue weighted by Crippen LogP contribution is -2.50. The Bertz CT molecular complexity index is 280. The Morgan fingerprint density at radius 1 is 1.26 bits per heavy atom. The van der Waals surface area contributed by atoms with Crippen molar-refractivity contribution in [3.8, 4) is 0 Å². The van der Waals surface area contributed by atoms with Crippen molar-refractivity contribution in [2.75, 3.05) is 12.3 Å². The molecule has 0 aromatic rings. The molecular weight excluding hydrogens is 254 g/mol. The van der Waals surface area contributed by atoms with Gasteiger partial charge in [-0.2, -0.15) is 0 Å². The van der Waals surface area contributed by atoms with E-state index in [0.717, 1.165) is 31.1 Å². The van der Waals surface area contributed by atoms with Gasteiger partial charge in [0.2, 0.25) is 0 Å². The zero-order valence-electron chi connectivity index (χ0n) is 13.4. The predicted molar refractivity (Wildman–Crippen MR) is 85.9 cm³/mol. The minimum atomic E-state index is -0.668. The Morgan fingerprint density at radius 2 is 1.95 bits per heavy atom. The van der Waals surface area contributed by atoms with E-state index in [1.165, 1.54) is 12.8 Å². The fraction of sp³-hybridized carbons (Fsp3) is 1.00. The van der Waals surface area contributed by atoms with Crippen LogP contribution in [0.25, 0.3) is 0 Å². The lowest BCUT2D eigenvalue weighted by molar-refractivity contribution is 0.245. The number of nitrogens with one attached hydrogen (secondary N) is 1. The van der Waals surface area contributed by atoms with Gasteiger partial charge in [-0.3, -0.25) is 4.21 Å². The number of rotatable bonds is 7. The van der Waals surface area contributed by atoms with Gasteiger partial charge in [0.15, 0.2) is 0 Å². The van der Waals surface area contributed by atoms with Gasteiger partial charge < -0.3 is 5.32 Å². The summed E-state index contributed by atoms with van der Waals surface area (Å²) in [5.41, 5.74) is 0. The first kappa shape index (κ1) is 17.2. The van der Waals surface area contributed by atoms with Gasteiger partial charge in [-0.25, -0.2) is 0 Å². The van der Waals surface area contributed by atoms with Crippen LogP contribution in [0.1, 0.15) is 60.3 Å². The monoisotopic (exact) mass is 287 g/mol. The molecule has 1 saturated carbocycles. The molecule has 0 bridgehead atoms. The maximum atomic E-state index is 12.7. The van der Waals surface area contributed by atoms with Gasteiger partial charge in [0, 0.05) is 22.6 Å². The second-order valence-electron chi connectivity index (χ2n) is 6.85. The SMILES string of the molecule is CCCNC1CC(C)CC(C)C1S(=O)CCC(C)C. The molecule has 1 aliphatic carbocycles. The highest BCUT2D eigenvalue weighted by Gasteiger charge is 2.37. The summed E-state index contributed by atoms with van der Waals surface area (Å²) in [6.07, 6.45) is 4.68. The van der Waals surface area contributed by atoms with Crippen LogP contribution in [-0.4, -0.2) is 27.8 Å². The van der Waals surface area contributed by atoms with Crippen LogP contribution in [0, 0.1) is 17.8 Å². The van der Waals surface area contributed by atoms with E-state index < -0.39 is 10.8 Å². The maximum Gasteiger partial charge on any atom is 0.0526 e. The lowest BCUT2D eigenvalue weighted by Gasteiger charge is -2.39. The summed E-state index contributed by atoms with van der Waals surface area (Å²) in [7, 11) is -0.668. The van der Waals surface area contributed by atoms with Gasteiger partial charge >= 0.3 is 0 Å². The van der Waals surface area contributed by atoms with Gasteiger partial charge in [0.25, 0.3) is 0 Å². The highest BCUT2D eigenvalue weighted by atomic mass is 32.2. The molecule has 0 spiro atoms. The predicted octanol–water partition coefficient (Wildman–Crippen LogP) is 3.58. The molecule has 19 heavy (non-hydrogen) atoms. The van der Waals surface area contributed by atoms with Crippen molar-refractivity contribution in [2.24, 2.45) is 17.8 Å². The molecule has 1 aliphatic rings. The van der Waals surface area contributed by atoms with E-state index >= 15 is 0 Å². The molecule has 0 aromatic carbocycles. The lowest BCUT2D eigenvalue weighted by atomic mass is 9.80. The van der Waals surface area contributed by atoms with Crippen LogP contribution < -0.4 is 5.32 Å².